The van der Waals surface area contributed by atoms with E-state index in [4.69, 9.17) is 14.2 Å². The zero-order valence-corrected chi connectivity index (χ0v) is 24.8. The number of aliphatic hydroxyl groups excluding tert-OH is 1. The van der Waals surface area contributed by atoms with E-state index in [1.807, 2.05) is 14.0 Å². The lowest BCUT2D eigenvalue weighted by molar-refractivity contribution is 0.0341. The summed E-state index contributed by atoms with van der Waals surface area (Å²) in [6.45, 7) is 5.16. The molecule has 3 amide bonds. The van der Waals surface area contributed by atoms with Crippen molar-refractivity contribution in [2.24, 2.45) is 5.92 Å². The Bertz CT molecular complexity index is 1530. The van der Waals surface area contributed by atoms with E-state index in [1.165, 1.54) is 0 Å². The molecule has 5 rings (SSSR count). The van der Waals surface area contributed by atoms with Crippen LogP contribution in [0, 0.1) is 5.92 Å². The molecule has 2 aliphatic heterocycles. The topological polar surface area (TPSA) is 150 Å². The molecule has 0 bridgehead atoms. The van der Waals surface area contributed by atoms with Gasteiger partial charge in [-0.05, 0) is 62.0 Å². The van der Waals surface area contributed by atoms with Crippen LogP contribution in [0.5, 0.6) is 17.2 Å². The molecule has 0 saturated carbocycles. The molecule has 3 aromatic rings. The molecule has 0 radical (unpaired) electrons. The van der Waals surface area contributed by atoms with Gasteiger partial charge in [0, 0.05) is 43.0 Å². The third-order valence-electron chi connectivity index (χ3n) is 7.70. The standard InChI is InChI=1S/C32H36N4O8/c1-19-14-36(20(2)17-37)30(38)25-12-23(33-32(41)34-24-9-11-27-28(13-24)43-18-42-27)8-10-26(25)44-29(19)16-35(3)15-21-4-6-22(7-5-21)31(39)40/h4-13,19-20,29,37H,14-18H2,1-3H3,(H,39,40)(H2,33,34,41)/t19-,20-,29+/m0/s1. The number of rotatable bonds is 9. The van der Waals surface area contributed by atoms with Crippen molar-refractivity contribution < 1.29 is 38.8 Å². The SMILES string of the molecule is C[C@H]1CN([C@@H](C)CO)C(=O)c2cc(NC(=O)Nc3ccc4c(c3)OCO4)ccc2O[C@@H]1CN(C)Cc1ccc(C(=O)O)cc1. The Morgan fingerprint density at radius 1 is 1.00 bits per heavy atom. The van der Waals surface area contributed by atoms with Crippen LogP contribution in [0.2, 0.25) is 0 Å². The number of urea groups is 1. The van der Waals surface area contributed by atoms with Gasteiger partial charge in [-0.25, -0.2) is 9.59 Å². The number of ether oxygens (including phenoxy) is 3. The number of nitrogens with zero attached hydrogens (tertiary/aromatic N) is 2. The highest BCUT2D eigenvalue weighted by atomic mass is 16.7. The first kappa shape index (κ1) is 30.6. The number of carboxylic acids is 1. The molecule has 0 aliphatic carbocycles. The van der Waals surface area contributed by atoms with E-state index in [1.54, 1.807) is 72.5 Å². The van der Waals surface area contributed by atoms with Gasteiger partial charge < -0.3 is 40.0 Å². The summed E-state index contributed by atoms with van der Waals surface area (Å²) in [5.74, 6) is 0.158. The number of carboxylic acid groups (broad SMARTS) is 1. The Morgan fingerprint density at radius 2 is 1.66 bits per heavy atom. The Balaban J connectivity index is 1.33. The summed E-state index contributed by atoms with van der Waals surface area (Å²) in [5.41, 5.74) is 2.36. The Morgan fingerprint density at radius 3 is 2.34 bits per heavy atom. The fourth-order valence-corrected chi connectivity index (χ4v) is 5.22. The number of aliphatic hydroxyl groups is 1. The highest BCUT2D eigenvalue weighted by Gasteiger charge is 2.33. The van der Waals surface area contributed by atoms with Crippen molar-refractivity contribution in [3.05, 3.63) is 77.4 Å². The molecular weight excluding hydrogens is 568 g/mol. The molecule has 2 aliphatic rings. The van der Waals surface area contributed by atoms with Crippen molar-refractivity contribution >= 4 is 29.3 Å². The minimum absolute atomic E-state index is 0.0804. The van der Waals surface area contributed by atoms with Gasteiger partial charge in [-0.2, -0.15) is 0 Å². The van der Waals surface area contributed by atoms with E-state index in [0.717, 1.165) is 5.56 Å². The lowest BCUT2D eigenvalue weighted by Gasteiger charge is -2.38. The zero-order chi connectivity index (χ0) is 31.4. The average molecular weight is 605 g/mol. The van der Waals surface area contributed by atoms with Gasteiger partial charge in [0.15, 0.2) is 11.5 Å². The number of fused-ring (bicyclic) bond motifs is 2. The second kappa shape index (κ2) is 13.2. The largest absolute Gasteiger partial charge is 0.488 e. The second-order valence-corrected chi connectivity index (χ2v) is 11.2. The smallest absolute Gasteiger partial charge is 0.335 e. The number of hydrogen-bond acceptors (Lipinski definition) is 8. The summed E-state index contributed by atoms with van der Waals surface area (Å²) in [4.78, 5) is 41.5. The number of carbonyl (C=O) groups excluding carboxylic acids is 2. The number of likely N-dealkylation sites (N-methyl/N-ethyl adjacent to an activating group) is 1. The summed E-state index contributed by atoms with van der Waals surface area (Å²) < 4.78 is 17.1. The number of carbonyl (C=O) groups is 3. The Hall–Kier alpha value is -4.81. The third kappa shape index (κ3) is 7.04. The van der Waals surface area contributed by atoms with Crippen molar-refractivity contribution in [3.8, 4) is 17.2 Å². The van der Waals surface area contributed by atoms with Crippen LogP contribution in [0.15, 0.2) is 60.7 Å². The molecule has 12 nitrogen and oxygen atoms in total. The fourth-order valence-electron chi connectivity index (χ4n) is 5.22. The average Bonchev–Trinajstić information content (AvgIpc) is 3.47. The van der Waals surface area contributed by atoms with Gasteiger partial charge in [0.25, 0.3) is 5.91 Å². The second-order valence-electron chi connectivity index (χ2n) is 11.2. The molecule has 0 spiro atoms. The predicted molar refractivity (Wildman–Crippen MR) is 163 cm³/mol. The van der Waals surface area contributed by atoms with E-state index >= 15 is 0 Å². The molecular formula is C32H36N4O8. The van der Waals surface area contributed by atoms with Crippen molar-refractivity contribution in [2.45, 2.75) is 32.5 Å². The molecule has 3 aromatic carbocycles. The molecule has 4 N–H and O–H groups in total. The van der Waals surface area contributed by atoms with Crippen molar-refractivity contribution in [3.63, 3.8) is 0 Å². The monoisotopic (exact) mass is 604 g/mol. The lowest BCUT2D eigenvalue weighted by atomic mass is 9.99. The van der Waals surface area contributed by atoms with E-state index in [-0.39, 0.29) is 42.5 Å². The van der Waals surface area contributed by atoms with Gasteiger partial charge in [-0.3, -0.25) is 9.69 Å². The quantitative estimate of drug-likeness (QED) is 0.283. The van der Waals surface area contributed by atoms with Crippen LogP contribution in [0.1, 0.15) is 40.1 Å². The molecule has 3 atom stereocenters. The minimum Gasteiger partial charge on any atom is -0.488 e. The number of amides is 3. The van der Waals surface area contributed by atoms with Crippen LogP contribution >= 0.6 is 0 Å². The number of benzene rings is 3. The van der Waals surface area contributed by atoms with Crippen LogP contribution < -0.4 is 24.8 Å². The normalized spacial score (nSPS) is 18.1. The highest BCUT2D eigenvalue weighted by Crippen LogP contribution is 2.34. The first-order chi connectivity index (χ1) is 21.1. The molecule has 12 heteroatoms. The van der Waals surface area contributed by atoms with E-state index < -0.39 is 18.0 Å². The number of aromatic carboxylic acids is 1. The predicted octanol–water partition coefficient (Wildman–Crippen LogP) is 4.11. The molecule has 0 saturated heterocycles. The van der Waals surface area contributed by atoms with E-state index in [9.17, 15) is 24.6 Å². The first-order valence-corrected chi connectivity index (χ1v) is 14.3. The van der Waals surface area contributed by atoms with Crippen LogP contribution in [-0.2, 0) is 6.54 Å². The molecule has 0 aromatic heterocycles. The van der Waals surface area contributed by atoms with Gasteiger partial charge >= 0.3 is 12.0 Å². The maximum absolute atomic E-state index is 13.7. The molecule has 0 fully saturated rings. The van der Waals surface area contributed by atoms with Crippen LogP contribution in [0.3, 0.4) is 0 Å². The molecule has 0 unspecified atom stereocenters. The summed E-state index contributed by atoms with van der Waals surface area (Å²) in [5, 5.41) is 24.6. The summed E-state index contributed by atoms with van der Waals surface area (Å²) in [6, 6.07) is 15.8. The van der Waals surface area contributed by atoms with Crippen LogP contribution in [0.25, 0.3) is 0 Å². The van der Waals surface area contributed by atoms with Gasteiger partial charge in [-0.1, -0.05) is 19.1 Å². The number of nitrogens with one attached hydrogen (secondary N) is 2. The Labute approximate surface area is 255 Å². The molecule has 44 heavy (non-hydrogen) atoms. The van der Waals surface area contributed by atoms with Crippen LogP contribution in [0.4, 0.5) is 16.2 Å². The highest BCUT2D eigenvalue weighted by molar-refractivity contribution is 6.02. The summed E-state index contributed by atoms with van der Waals surface area (Å²) in [6.07, 6.45) is -0.313. The number of hydrogen-bond donors (Lipinski definition) is 4. The van der Waals surface area contributed by atoms with Crippen molar-refractivity contribution in [1.29, 1.82) is 0 Å². The van der Waals surface area contributed by atoms with Crippen molar-refractivity contribution in [1.82, 2.24) is 9.80 Å². The van der Waals surface area contributed by atoms with Gasteiger partial charge in [-0.15, -0.1) is 0 Å². The summed E-state index contributed by atoms with van der Waals surface area (Å²) in [7, 11) is 1.95. The Kier molecular flexibility index (Phi) is 9.21. The molecule has 232 valence electrons. The van der Waals surface area contributed by atoms with Crippen LogP contribution in [-0.4, -0.2) is 83.6 Å². The minimum atomic E-state index is -0.972. The fraction of sp³-hybridized carbons (Fsp3) is 0.344. The van der Waals surface area contributed by atoms with E-state index in [0.29, 0.717) is 48.3 Å². The maximum Gasteiger partial charge on any atom is 0.335 e. The zero-order valence-electron chi connectivity index (χ0n) is 24.8. The lowest BCUT2D eigenvalue weighted by Crippen LogP contribution is -2.49. The van der Waals surface area contributed by atoms with E-state index in [2.05, 4.69) is 15.5 Å². The number of anilines is 2. The van der Waals surface area contributed by atoms with Gasteiger partial charge in [0.1, 0.15) is 11.9 Å². The molecule has 2 heterocycles. The first-order valence-electron chi connectivity index (χ1n) is 14.3. The van der Waals surface area contributed by atoms with Crippen molar-refractivity contribution in [2.75, 3.05) is 44.2 Å². The maximum atomic E-state index is 13.7. The van der Waals surface area contributed by atoms with Gasteiger partial charge in [0.2, 0.25) is 6.79 Å². The summed E-state index contributed by atoms with van der Waals surface area (Å²) >= 11 is 0. The third-order valence-corrected chi connectivity index (χ3v) is 7.70. The van der Waals surface area contributed by atoms with Gasteiger partial charge in [0.05, 0.1) is 23.8 Å².